The second kappa shape index (κ2) is 5.29. The number of nitrogens with one attached hydrogen (secondary N) is 1. The molecule has 1 aliphatic carbocycles. The Kier molecular flexibility index (Phi) is 3.47. The lowest BCUT2D eigenvalue weighted by molar-refractivity contribution is -0.0300. The topological polar surface area (TPSA) is 80.0 Å². The molecule has 1 aromatic heterocycles. The molecule has 2 N–H and O–H groups in total. The Bertz CT molecular complexity index is 644. The fraction of sp³-hybridized carbons (Fsp3) is 0.400. The van der Waals surface area contributed by atoms with E-state index in [1.807, 2.05) is 19.2 Å². The molecule has 1 aromatic carbocycles. The molecule has 2 aromatic rings. The van der Waals surface area contributed by atoms with Crippen LogP contribution < -0.4 is 5.32 Å². The SMILES string of the molecule is Cn1cnc(-c2ccc(C(=O)NCC3(O)CCC3)cc2)n1. The highest BCUT2D eigenvalue weighted by Crippen LogP contribution is 2.30. The zero-order valence-electron chi connectivity index (χ0n) is 11.9. The van der Waals surface area contributed by atoms with Gasteiger partial charge in [0, 0.05) is 24.7 Å². The Morgan fingerprint density at radius 3 is 2.62 bits per heavy atom. The standard InChI is InChI=1S/C15H18N4O2/c1-19-10-17-13(18-19)11-3-5-12(6-4-11)14(20)16-9-15(21)7-2-8-15/h3-6,10,21H,2,7-9H2,1H3,(H,16,20). The van der Waals surface area contributed by atoms with Crippen molar-refractivity contribution >= 4 is 5.91 Å². The van der Waals surface area contributed by atoms with Crippen LogP contribution in [0.4, 0.5) is 0 Å². The van der Waals surface area contributed by atoms with Crippen LogP contribution >= 0.6 is 0 Å². The van der Waals surface area contributed by atoms with Crippen LogP contribution in [0, 0.1) is 0 Å². The molecule has 110 valence electrons. The third-order valence-electron chi connectivity index (χ3n) is 3.87. The van der Waals surface area contributed by atoms with Gasteiger partial charge in [-0.05, 0) is 31.4 Å². The smallest absolute Gasteiger partial charge is 0.251 e. The second-order valence-corrected chi connectivity index (χ2v) is 5.58. The van der Waals surface area contributed by atoms with E-state index in [1.165, 1.54) is 0 Å². The van der Waals surface area contributed by atoms with Crippen LogP contribution in [0.1, 0.15) is 29.6 Å². The van der Waals surface area contributed by atoms with Gasteiger partial charge >= 0.3 is 0 Å². The van der Waals surface area contributed by atoms with Crippen molar-refractivity contribution in [3.8, 4) is 11.4 Å². The van der Waals surface area contributed by atoms with Gasteiger partial charge in [0.15, 0.2) is 5.82 Å². The molecule has 1 amide bonds. The summed E-state index contributed by atoms with van der Waals surface area (Å²) in [5.74, 6) is 0.462. The molecule has 1 saturated carbocycles. The summed E-state index contributed by atoms with van der Waals surface area (Å²) in [5, 5.41) is 17.0. The number of carbonyl (C=O) groups is 1. The lowest BCUT2D eigenvalue weighted by Gasteiger charge is -2.36. The van der Waals surface area contributed by atoms with Crippen molar-refractivity contribution in [1.29, 1.82) is 0 Å². The van der Waals surface area contributed by atoms with E-state index in [0.29, 0.717) is 17.9 Å². The summed E-state index contributed by atoms with van der Waals surface area (Å²) in [6.07, 6.45) is 4.18. The maximum absolute atomic E-state index is 12.0. The lowest BCUT2D eigenvalue weighted by atomic mass is 9.80. The van der Waals surface area contributed by atoms with Crippen LogP contribution in [-0.2, 0) is 7.05 Å². The maximum atomic E-state index is 12.0. The number of aryl methyl sites for hydroxylation is 1. The van der Waals surface area contributed by atoms with Gasteiger partial charge in [0.2, 0.25) is 0 Å². The molecule has 0 spiro atoms. The average Bonchev–Trinajstić information content (AvgIpc) is 2.89. The van der Waals surface area contributed by atoms with Crippen LogP contribution in [0.5, 0.6) is 0 Å². The number of carbonyl (C=O) groups excluding carboxylic acids is 1. The van der Waals surface area contributed by atoms with Gasteiger partial charge in [0.1, 0.15) is 6.33 Å². The molecule has 3 rings (SSSR count). The Hall–Kier alpha value is -2.21. The molecule has 21 heavy (non-hydrogen) atoms. The fourth-order valence-electron chi connectivity index (χ4n) is 2.35. The summed E-state index contributed by atoms with van der Waals surface area (Å²) < 4.78 is 1.63. The monoisotopic (exact) mass is 286 g/mol. The second-order valence-electron chi connectivity index (χ2n) is 5.58. The number of hydrogen-bond acceptors (Lipinski definition) is 4. The molecule has 6 nitrogen and oxygen atoms in total. The van der Waals surface area contributed by atoms with Crippen LogP contribution in [0.3, 0.4) is 0 Å². The van der Waals surface area contributed by atoms with Gasteiger partial charge in [-0.2, -0.15) is 5.10 Å². The highest BCUT2D eigenvalue weighted by Gasteiger charge is 2.34. The summed E-state index contributed by atoms with van der Waals surface area (Å²) >= 11 is 0. The number of hydrogen-bond donors (Lipinski definition) is 2. The van der Waals surface area contributed by atoms with E-state index in [9.17, 15) is 9.90 Å². The summed E-state index contributed by atoms with van der Waals surface area (Å²) in [6.45, 7) is 0.315. The Morgan fingerprint density at radius 2 is 2.10 bits per heavy atom. The van der Waals surface area contributed by atoms with E-state index in [0.717, 1.165) is 24.8 Å². The molecular weight excluding hydrogens is 268 g/mol. The van der Waals surface area contributed by atoms with Gasteiger partial charge in [-0.1, -0.05) is 12.1 Å². The van der Waals surface area contributed by atoms with Crippen molar-refractivity contribution in [3.63, 3.8) is 0 Å². The minimum atomic E-state index is -0.701. The minimum absolute atomic E-state index is 0.171. The van der Waals surface area contributed by atoms with Crippen molar-refractivity contribution in [2.24, 2.45) is 7.05 Å². The molecule has 1 heterocycles. The number of aliphatic hydroxyl groups is 1. The van der Waals surface area contributed by atoms with Crippen molar-refractivity contribution in [3.05, 3.63) is 36.2 Å². The van der Waals surface area contributed by atoms with Crippen molar-refractivity contribution in [2.75, 3.05) is 6.54 Å². The molecule has 0 atom stereocenters. The zero-order valence-corrected chi connectivity index (χ0v) is 11.9. The van der Waals surface area contributed by atoms with Crippen LogP contribution in [-0.4, -0.2) is 37.9 Å². The molecule has 0 radical (unpaired) electrons. The maximum Gasteiger partial charge on any atom is 0.251 e. The zero-order chi connectivity index (χ0) is 14.9. The van der Waals surface area contributed by atoms with Gasteiger partial charge in [0.05, 0.1) is 5.60 Å². The van der Waals surface area contributed by atoms with Gasteiger partial charge in [-0.15, -0.1) is 0 Å². The number of aromatic nitrogens is 3. The highest BCUT2D eigenvalue weighted by atomic mass is 16.3. The molecule has 6 heteroatoms. The van der Waals surface area contributed by atoms with Crippen LogP contribution in [0.25, 0.3) is 11.4 Å². The number of rotatable bonds is 4. The van der Waals surface area contributed by atoms with Gasteiger partial charge in [-0.25, -0.2) is 4.98 Å². The predicted molar refractivity (Wildman–Crippen MR) is 77.6 cm³/mol. The minimum Gasteiger partial charge on any atom is -0.388 e. The molecule has 0 aliphatic heterocycles. The van der Waals surface area contributed by atoms with E-state index in [-0.39, 0.29) is 5.91 Å². The summed E-state index contributed by atoms with van der Waals surface area (Å²) in [7, 11) is 1.81. The summed E-state index contributed by atoms with van der Waals surface area (Å²) in [6, 6.07) is 7.13. The number of nitrogens with zero attached hydrogens (tertiary/aromatic N) is 3. The Morgan fingerprint density at radius 1 is 1.38 bits per heavy atom. The Labute approximate surface area is 122 Å². The van der Waals surface area contributed by atoms with E-state index >= 15 is 0 Å². The first-order valence-corrected chi connectivity index (χ1v) is 7.02. The third-order valence-corrected chi connectivity index (χ3v) is 3.87. The normalized spacial score (nSPS) is 16.3. The predicted octanol–water partition coefficient (Wildman–Crippen LogP) is 1.13. The fourth-order valence-corrected chi connectivity index (χ4v) is 2.35. The highest BCUT2D eigenvalue weighted by molar-refractivity contribution is 5.94. The molecule has 0 unspecified atom stereocenters. The van der Waals surface area contributed by atoms with Gasteiger partial charge in [0.25, 0.3) is 5.91 Å². The summed E-state index contributed by atoms with van der Waals surface area (Å²) in [5.41, 5.74) is 0.732. The Balaban J connectivity index is 1.64. The van der Waals surface area contributed by atoms with E-state index < -0.39 is 5.60 Å². The number of amides is 1. The van der Waals surface area contributed by atoms with E-state index in [2.05, 4.69) is 15.4 Å². The van der Waals surface area contributed by atoms with Crippen molar-refractivity contribution in [1.82, 2.24) is 20.1 Å². The molecule has 0 saturated heterocycles. The average molecular weight is 286 g/mol. The van der Waals surface area contributed by atoms with Crippen LogP contribution in [0.2, 0.25) is 0 Å². The van der Waals surface area contributed by atoms with Gasteiger partial charge < -0.3 is 10.4 Å². The molecule has 1 aliphatic rings. The third kappa shape index (κ3) is 2.95. The number of benzene rings is 1. The lowest BCUT2D eigenvalue weighted by Crippen LogP contribution is -2.47. The van der Waals surface area contributed by atoms with Crippen molar-refractivity contribution < 1.29 is 9.90 Å². The quantitative estimate of drug-likeness (QED) is 0.883. The molecule has 0 bridgehead atoms. The molecular formula is C15H18N4O2. The first kappa shape index (κ1) is 13.8. The van der Waals surface area contributed by atoms with Gasteiger partial charge in [-0.3, -0.25) is 9.48 Å². The van der Waals surface area contributed by atoms with Crippen molar-refractivity contribution in [2.45, 2.75) is 24.9 Å². The molecule has 1 fully saturated rings. The largest absolute Gasteiger partial charge is 0.388 e. The van der Waals surface area contributed by atoms with E-state index in [4.69, 9.17) is 0 Å². The summed E-state index contributed by atoms with van der Waals surface area (Å²) in [4.78, 5) is 16.2. The first-order chi connectivity index (χ1) is 10.1. The van der Waals surface area contributed by atoms with Crippen LogP contribution in [0.15, 0.2) is 30.6 Å². The van der Waals surface area contributed by atoms with E-state index in [1.54, 1.807) is 23.1 Å². The first-order valence-electron chi connectivity index (χ1n) is 7.02.